The minimum atomic E-state index is -0.127. The minimum Gasteiger partial charge on any atom is -0.320 e. The zero-order valence-corrected chi connectivity index (χ0v) is 12.1. The smallest absolute Gasteiger partial charge is 0.266 e. The lowest BCUT2D eigenvalue weighted by Crippen LogP contribution is -2.11. The summed E-state index contributed by atoms with van der Waals surface area (Å²) in [6.45, 7) is 1.91. The summed E-state index contributed by atoms with van der Waals surface area (Å²) in [6.07, 6.45) is 0. The lowest BCUT2D eigenvalue weighted by Gasteiger charge is -2.07. The van der Waals surface area contributed by atoms with E-state index in [0.717, 1.165) is 10.0 Å². The van der Waals surface area contributed by atoms with Crippen molar-refractivity contribution in [2.75, 3.05) is 5.32 Å². The van der Waals surface area contributed by atoms with E-state index < -0.39 is 0 Å². The first-order valence-corrected chi connectivity index (χ1v) is 6.93. The Hall–Kier alpha value is -0.840. The zero-order valence-electron chi connectivity index (χ0n) is 8.96. The maximum absolute atomic E-state index is 12.0. The number of hydrogen-bond donors (Lipinski definition) is 1. The number of nitrogens with one attached hydrogen (secondary N) is 1. The Morgan fingerprint density at radius 2 is 2.18 bits per heavy atom. The van der Waals surface area contributed by atoms with E-state index in [2.05, 4.69) is 21.2 Å². The number of amides is 1. The van der Waals surface area contributed by atoms with Crippen molar-refractivity contribution >= 4 is 50.5 Å². The molecule has 0 fully saturated rings. The number of anilines is 1. The van der Waals surface area contributed by atoms with Gasteiger partial charge in [0.1, 0.15) is 0 Å². The molecular weight excluding hydrogens is 322 g/mol. The Morgan fingerprint density at radius 1 is 1.41 bits per heavy atom. The predicted molar refractivity (Wildman–Crippen MR) is 76.2 cm³/mol. The molecule has 0 saturated carbocycles. The summed E-state index contributed by atoms with van der Waals surface area (Å²) >= 11 is 10.8. The molecule has 1 amide bonds. The molecule has 2 aromatic rings. The van der Waals surface area contributed by atoms with Gasteiger partial charge in [-0.2, -0.15) is 0 Å². The largest absolute Gasteiger partial charge is 0.320 e. The number of hydrogen-bond acceptors (Lipinski definition) is 2. The maximum Gasteiger partial charge on any atom is 0.266 e. The molecule has 5 heteroatoms. The van der Waals surface area contributed by atoms with Gasteiger partial charge in [0, 0.05) is 4.47 Å². The molecule has 0 radical (unpaired) electrons. The van der Waals surface area contributed by atoms with Gasteiger partial charge in [-0.1, -0.05) is 27.5 Å². The summed E-state index contributed by atoms with van der Waals surface area (Å²) in [5, 5.41) is 5.22. The van der Waals surface area contributed by atoms with Crippen LogP contribution in [0, 0.1) is 6.92 Å². The number of benzene rings is 1. The molecule has 1 aromatic carbocycles. The molecule has 0 aliphatic heterocycles. The standard InChI is InChI=1S/C12H9BrClNOS/c1-7-4-5-17-11(7)12(16)15-10-6-8(13)2-3-9(10)14/h2-6H,1H3,(H,15,16). The van der Waals surface area contributed by atoms with Crippen molar-refractivity contribution in [1.82, 2.24) is 0 Å². The summed E-state index contributed by atoms with van der Waals surface area (Å²) in [4.78, 5) is 12.7. The summed E-state index contributed by atoms with van der Waals surface area (Å²) in [5.41, 5.74) is 1.58. The topological polar surface area (TPSA) is 29.1 Å². The van der Waals surface area contributed by atoms with Crippen LogP contribution >= 0.6 is 38.9 Å². The Labute approximate surface area is 117 Å². The highest BCUT2D eigenvalue weighted by atomic mass is 79.9. The van der Waals surface area contributed by atoms with Gasteiger partial charge >= 0.3 is 0 Å². The molecule has 17 heavy (non-hydrogen) atoms. The number of rotatable bonds is 2. The van der Waals surface area contributed by atoms with Gasteiger partial charge in [-0.3, -0.25) is 4.79 Å². The van der Waals surface area contributed by atoms with Gasteiger partial charge in [-0.15, -0.1) is 11.3 Å². The summed E-state index contributed by atoms with van der Waals surface area (Å²) in [5.74, 6) is -0.127. The van der Waals surface area contributed by atoms with Crippen molar-refractivity contribution in [3.8, 4) is 0 Å². The third-order valence-electron chi connectivity index (χ3n) is 2.24. The van der Waals surface area contributed by atoms with Crippen molar-refractivity contribution in [3.05, 3.63) is 49.6 Å². The predicted octanol–water partition coefficient (Wildman–Crippen LogP) is 4.72. The molecule has 0 unspecified atom stereocenters. The van der Waals surface area contributed by atoms with E-state index in [1.54, 1.807) is 12.1 Å². The average Bonchev–Trinajstić information content (AvgIpc) is 2.70. The Bertz CT molecular complexity index is 567. The minimum absolute atomic E-state index is 0.127. The maximum atomic E-state index is 12.0. The van der Waals surface area contributed by atoms with E-state index in [-0.39, 0.29) is 5.91 Å². The van der Waals surface area contributed by atoms with E-state index in [1.165, 1.54) is 11.3 Å². The lowest BCUT2D eigenvalue weighted by atomic mass is 10.2. The van der Waals surface area contributed by atoms with Gasteiger partial charge in [0.25, 0.3) is 5.91 Å². The van der Waals surface area contributed by atoms with Crippen LogP contribution in [0.1, 0.15) is 15.2 Å². The van der Waals surface area contributed by atoms with Crippen LogP contribution in [0.15, 0.2) is 34.1 Å². The Balaban J connectivity index is 2.24. The fourth-order valence-corrected chi connectivity index (χ4v) is 2.72. The molecule has 2 rings (SSSR count). The van der Waals surface area contributed by atoms with Gasteiger partial charge in [0.15, 0.2) is 0 Å². The third kappa shape index (κ3) is 2.89. The van der Waals surface area contributed by atoms with Gasteiger partial charge in [0.2, 0.25) is 0 Å². The molecule has 0 atom stereocenters. The molecule has 1 N–H and O–H groups in total. The first-order valence-electron chi connectivity index (χ1n) is 4.88. The molecule has 0 aliphatic rings. The average molecular weight is 331 g/mol. The molecule has 2 nitrogen and oxygen atoms in total. The summed E-state index contributed by atoms with van der Waals surface area (Å²) < 4.78 is 0.875. The molecule has 0 aliphatic carbocycles. The number of thiophene rings is 1. The van der Waals surface area contributed by atoms with Crippen LogP contribution in [0.25, 0.3) is 0 Å². The highest BCUT2D eigenvalue weighted by Gasteiger charge is 2.12. The van der Waals surface area contributed by atoms with E-state index >= 15 is 0 Å². The van der Waals surface area contributed by atoms with Crippen LogP contribution in [0.2, 0.25) is 5.02 Å². The zero-order chi connectivity index (χ0) is 12.4. The second-order valence-electron chi connectivity index (χ2n) is 3.51. The highest BCUT2D eigenvalue weighted by molar-refractivity contribution is 9.10. The van der Waals surface area contributed by atoms with E-state index in [9.17, 15) is 4.79 Å². The number of aryl methyl sites for hydroxylation is 1. The van der Waals surface area contributed by atoms with Crippen LogP contribution < -0.4 is 5.32 Å². The first kappa shape index (κ1) is 12.6. The second-order valence-corrected chi connectivity index (χ2v) is 5.75. The fraction of sp³-hybridized carbons (Fsp3) is 0.0833. The third-order valence-corrected chi connectivity index (χ3v) is 4.08. The van der Waals surface area contributed by atoms with Gasteiger partial charge in [-0.25, -0.2) is 0 Å². The van der Waals surface area contributed by atoms with Gasteiger partial charge in [0.05, 0.1) is 15.6 Å². The molecule has 1 aromatic heterocycles. The van der Waals surface area contributed by atoms with Crippen molar-refractivity contribution in [2.24, 2.45) is 0 Å². The summed E-state index contributed by atoms with van der Waals surface area (Å²) in [6, 6.07) is 7.27. The van der Waals surface area contributed by atoms with Crippen molar-refractivity contribution < 1.29 is 4.79 Å². The van der Waals surface area contributed by atoms with Crippen LogP contribution in [-0.4, -0.2) is 5.91 Å². The first-order chi connectivity index (χ1) is 8.08. The number of carbonyl (C=O) groups is 1. The van der Waals surface area contributed by atoms with Crippen molar-refractivity contribution in [1.29, 1.82) is 0 Å². The Morgan fingerprint density at radius 3 is 2.82 bits per heavy atom. The molecule has 1 heterocycles. The monoisotopic (exact) mass is 329 g/mol. The lowest BCUT2D eigenvalue weighted by molar-refractivity contribution is 0.103. The highest BCUT2D eigenvalue weighted by Crippen LogP contribution is 2.27. The van der Waals surface area contributed by atoms with Crippen LogP contribution in [0.5, 0.6) is 0 Å². The quantitative estimate of drug-likeness (QED) is 0.847. The van der Waals surface area contributed by atoms with Crippen molar-refractivity contribution in [3.63, 3.8) is 0 Å². The molecule has 0 bridgehead atoms. The molecular formula is C12H9BrClNOS. The van der Waals surface area contributed by atoms with Crippen LogP contribution in [0.4, 0.5) is 5.69 Å². The van der Waals surface area contributed by atoms with Crippen LogP contribution in [0.3, 0.4) is 0 Å². The van der Waals surface area contributed by atoms with Crippen LogP contribution in [-0.2, 0) is 0 Å². The Kier molecular flexibility index (Phi) is 3.86. The summed E-state index contributed by atoms with van der Waals surface area (Å²) in [7, 11) is 0. The van der Waals surface area contributed by atoms with E-state index in [4.69, 9.17) is 11.6 Å². The number of carbonyl (C=O) groups excluding carboxylic acids is 1. The number of halogens is 2. The SMILES string of the molecule is Cc1ccsc1C(=O)Nc1cc(Br)ccc1Cl. The molecule has 88 valence electrons. The van der Waals surface area contributed by atoms with Crippen molar-refractivity contribution in [2.45, 2.75) is 6.92 Å². The van der Waals surface area contributed by atoms with Gasteiger partial charge < -0.3 is 5.32 Å². The molecule has 0 saturated heterocycles. The van der Waals surface area contributed by atoms with E-state index in [1.807, 2.05) is 24.4 Å². The van der Waals surface area contributed by atoms with E-state index in [0.29, 0.717) is 15.6 Å². The second kappa shape index (κ2) is 5.21. The normalized spacial score (nSPS) is 10.3. The molecule has 0 spiro atoms. The fourth-order valence-electron chi connectivity index (χ4n) is 1.38. The van der Waals surface area contributed by atoms with Gasteiger partial charge in [-0.05, 0) is 42.1 Å².